The number of carbonyl (C=O) groups is 1. The second-order valence-corrected chi connectivity index (χ2v) is 6.38. The van der Waals surface area contributed by atoms with Gasteiger partial charge in [-0.05, 0) is 36.8 Å². The summed E-state index contributed by atoms with van der Waals surface area (Å²) in [7, 11) is 1.75. The van der Waals surface area contributed by atoms with Crippen LogP contribution in [0, 0.1) is 11.8 Å². The molecule has 2 N–H and O–H groups in total. The molecule has 0 aliphatic heterocycles. The maximum absolute atomic E-state index is 12.1. The van der Waals surface area contributed by atoms with Gasteiger partial charge in [-0.1, -0.05) is 37.8 Å². The summed E-state index contributed by atoms with van der Waals surface area (Å²) in [5.41, 5.74) is 0.552. The Labute approximate surface area is 131 Å². The van der Waals surface area contributed by atoms with Gasteiger partial charge in [0.1, 0.15) is 11.0 Å². The van der Waals surface area contributed by atoms with Crippen LogP contribution in [0.1, 0.15) is 49.4 Å². The van der Waals surface area contributed by atoms with Crippen LogP contribution >= 0.6 is 11.6 Å². The zero-order valence-corrected chi connectivity index (χ0v) is 13.5. The van der Waals surface area contributed by atoms with Crippen molar-refractivity contribution in [1.29, 1.82) is 0 Å². The fourth-order valence-corrected chi connectivity index (χ4v) is 3.28. The minimum absolute atomic E-state index is 0.0837. The first-order chi connectivity index (χ1) is 10.1. The topological polar surface area (TPSA) is 54.0 Å². The van der Waals surface area contributed by atoms with Crippen LogP contribution < -0.4 is 10.6 Å². The van der Waals surface area contributed by atoms with Crippen molar-refractivity contribution in [2.75, 3.05) is 18.9 Å². The Balaban J connectivity index is 1.83. The van der Waals surface area contributed by atoms with Crippen LogP contribution in [0.4, 0.5) is 5.82 Å². The van der Waals surface area contributed by atoms with Gasteiger partial charge in [-0.15, -0.1) is 0 Å². The van der Waals surface area contributed by atoms with Gasteiger partial charge in [0.15, 0.2) is 0 Å². The number of rotatable bonds is 5. The Morgan fingerprint density at radius 3 is 2.95 bits per heavy atom. The predicted molar refractivity (Wildman–Crippen MR) is 86.9 cm³/mol. The van der Waals surface area contributed by atoms with E-state index >= 15 is 0 Å². The second kappa shape index (κ2) is 7.64. The van der Waals surface area contributed by atoms with Gasteiger partial charge >= 0.3 is 0 Å². The summed E-state index contributed by atoms with van der Waals surface area (Å²) in [6.45, 7) is 3.05. The number of amides is 1. The van der Waals surface area contributed by atoms with Crippen LogP contribution in [-0.2, 0) is 0 Å². The third-order valence-electron chi connectivity index (χ3n) is 4.20. The summed E-state index contributed by atoms with van der Waals surface area (Å²) < 4.78 is 0. The van der Waals surface area contributed by atoms with Crippen molar-refractivity contribution in [3.63, 3.8) is 0 Å². The van der Waals surface area contributed by atoms with Crippen molar-refractivity contribution >= 4 is 23.3 Å². The molecule has 21 heavy (non-hydrogen) atoms. The Morgan fingerprint density at radius 1 is 1.43 bits per heavy atom. The lowest BCUT2D eigenvalue weighted by Gasteiger charge is -2.26. The van der Waals surface area contributed by atoms with Gasteiger partial charge in [0.05, 0.1) is 0 Å². The zero-order chi connectivity index (χ0) is 15.2. The lowest BCUT2D eigenvalue weighted by Crippen LogP contribution is -2.27. The van der Waals surface area contributed by atoms with Gasteiger partial charge in [0.2, 0.25) is 0 Å². The standard InChI is InChI=1S/C16H24ClN3O/c1-11-4-3-5-12(8-11)6-7-19-16(21)13-9-14(17)20-15(10-13)18-2/h9-12H,3-8H2,1-2H3,(H,18,20)(H,19,21). The molecule has 1 aliphatic carbocycles. The smallest absolute Gasteiger partial charge is 0.251 e. The summed E-state index contributed by atoms with van der Waals surface area (Å²) in [5.74, 6) is 2.10. The minimum Gasteiger partial charge on any atom is -0.373 e. The fraction of sp³-hybridized carbons (Fsp3) is 0.625. The van der Waals surface area contributed by atoms with E-state index in [-0.39, 0.29) is 5.91 Å². The molecule has 2 unspecified atom stereocenters. The van der Waals surface area contributed by atoms with E-state index in [4.69, 9.17) is 11.6 Å². The van der Waals surface area contributed by atoms with Crippen LogP contribution in [0.3, 0.4) is 0 Å². The highest BCUT2D eigenvalue weighted by Gasteiger charge is 2.18. The third kappa shape index (κ3) is 4.88. The number of carbonyl (C=O) groups excluding carboxylic acids is 1. The first-order valence-corrected chi connectivity index (χ1v) is 8.10. The number of hydrogen-bond donors (Lipinski definition) is 2. The summed E-state index contributed by atoms with van der Waals surface area (Å²) in [6, 6.07) is 3.31. The average molecular weight is 310 g/mol. The molecule has 1 heterocycles. The maximum atomic E-state index is 12.1. The van der Waals surface area contributed by atoms with E-state index < -0.39 is 0 Å². The van der Waals surface area contributed by atoms with Crippen molar-refractivity contribution in [3.05, 3.63) is 22.8 Å². The molecule has 116 valence electrons. The van der Waals surface area contributed by atoms with Crippen molar-refractivity contribution in [1.82, 2.24) is 10.3 Å². The SMILES string of the molecule is CNc1cc(C(=O)NCCC2CCCC(C)C2)cc(Cl)n1. The summed E-state index contributed by atoms with van der Waals surface area (Å²) in [4.78, 5) is 16.2. The normalized spacial score (nSPS) is 21.9. The number of anilines is 1. The monoisotopic (exact) mass is 309 g/mol. The van der Waals surface area contributed by atoms with Gasteiger partial charge in [-0.25, -0.2) is 4.98 Å². The van der Waals surface area contributed by atoms with Crippen molar-refractivity contribution in [2.45, 2.75) is 39.0 Å². The summed E-state index contributed by atoms with van der Waals surface area (Å²) >= 11 is 5.91. The van der Waals surface area contributed by atoms with E-state index in [1.807, 2.05) is 0 Å². The molecule has 1 saturated carbocycles. The van der Waals surface area contributed by atoms with E-state index in [1.54, 1.807) is 19.2 Å². The Morgan fingerprint density at radius 2 is 2.24 bits per heavy atom. The summed E-state index contributed by atoms with van der Waals surface area (Å²) in [5, 5.41) is 6.21. The highest BCUT2D eigenvalue weighted by Crippen LogP contribution is 2.30. The van der Waals surface area contributed by atoms with Crippen molar-refractivity contribution in [3.8, 4) is 0 Å². The zero-order valence-electron chi connectivity index (χ0n) is 12.8. The molecule has 1 aromatic heterocycles. The van der Waals surface area contributed by atoms with E-state index in [2.05, 4.69) is 22.5 Å². The number of pyridine rings is 1. The number of halogens is 1. The third-order valence-corrected chi connectivity index (χ3v) is 4.39. The molecule has 2 rings (SSSR count). The lowest BCUT2D eigenvalue weighted by atomic mass is 9.81. The van der Waals surface area contributed by atoms with Crippen molar-refractivity contribution in [2.24, 2.45) is 11.8 Å². The second-order valence-electron chi connectivity index (χ2n) is 6.00. The molecule has 2 atom stereocenters. The average Bonchev–Trinajstić information content (AvgIpc) is 2.46. The Bertz CT molecular complexity index is 492. The highest BCUT2D eigenvalue weighted by molar-refractivity contribution is 6.29. The molecule has 0 bridgehead atoms. The fourth-order valence-electron chi connectivity index (χ4n) is 3.07. The van der Waals surface area contributed by atoms with Gasteiger partial charge in [0.25, 0.3) is 5.91 Å². The molecule has 1 aliphatic rings. The Hall–Kier alpha value is -1.29. The first-order valence-electron chi connectivity index (χ1n) is 7.72. The molecule has 4 nitrogen and oxygen atoms in total. The molecule has 1 aromatic rings. The van der Waals surface area contributed by atoms with Crippen LogP contribution in [0.2, 0.25) is 5.15 Å². The molecule has 0 radical (unpaired) electrons. The van der Waals surface area contributed by atoms with Crippen LogP contribution in [-0.4, -0.2) is 24.5 Å². The number of aromatic nitrogens is 1. The first kappa shape index (κ1) is 16.1. The maximum Gasteiger partial charge on any atom is 0.251 e. The van der Waals surface area contributed by atoms with Crippen LogP contribution in [0.15, 0.2) is 12.1 Å². The number of nitrogens with one attached hydrogen (secondary N) is 2. The molecule has 0 saturated heterocycles. The molecule has 0 aromatic carbocycles. The molecule has 0 spiro atoms. The minimum atomic E-state index is -0.0837. The van der Waals surface area contributed by atoms with E-state index in [9.17, 15) is 4.79 Å². The van der Waals surface area contributed by atoms with E-state index in [0.717, 1.165) is 24.8 Å². The summed E-state index contributed by atoms with van der Waals surface area (Å²) in [6.07, 6.45) is 6.33. The Kier molecular flexibility index (Phi) is 5.85. The number of nitrogens with zero attached hydrogens (tertiary/aromatic N) is 1. The molecule has 5 heteroatoms. The van der Waals surface area contributed by atoms with E-state index in [0.29, 0.717) is 16.5 Å². The van der Waals surface area contributed by atoms with Crippen LogP contribution in [0.25, 0.3) is 0 Å². The molecule has 1 fully saturated rings. The van der Waals surface area contributed by atoms with Gasteiger partial charge in [0, 0.05) is 19.2 Å². The predicted octanol–water partition coefficient (Wildman–Crippen LogP) is 3.72. The van der Waals surface area contributed by atoms with Crippen molar-refractivity contribution < 1.29 is 4.79 Å². The quantitative estimate of drug-likeness (QED) is 0.815. The molecule has 1 amide bonds. The van der Waals surface area contributed by atoms with Gasteiger partial charge in [-0.3, -0.25) is 4.79 Å². The van der Waals surface area contributed by atoms with Crippen LogP contribution in [0.5, 0.6) is 0 Å². The number of hydrogen-bond acceptors (Lipinski definition) is 3. The van der Waals surface area contributed by atoms with E-state index in [1.165, 1.54) is 25.7 Å². The molecular weight excluding hydrogens is 286 g/mol. The van der Waals surface area contributed by atoms with Gasteiger partial charge in [-0.2, -0.15) is 0 Å². The largest absolute Gasteiger partial charge is 0.373 e. The molecular formula is C16H24ClN3O. The highest BCUT2D eigenvalue weighted by atomic mass is 35.5. The van der Waals surface area contributed by atoms with Gasteiger partial charge < -0.3 is 10.6 Å². The lowest BCUT2D eigenvalue weighted by molar-refractivity contribution is 0.0949.